The van der Waals surface area contributed by atoms with Crippen LogP contribution in [-0.4, -0.2) is 11.4 Å². The summed E-state index contributed by atoms with van der Waals surface area (Å²) in [5.41, 5.74) is 8.86. The Morgan fingerprint density at radius 1 is 0.277 bits per heavy atom. The number of aliphatic imine (C=N–C) groups is 2. The fraction of sp³-hybridized carbons (Fsp3) is 0.800. The zero-order valence-electron chi connectivity index (χ0n) is 56.6. The monoisotopic (exact) mass is 1240 g/mol. The van der Waals surface area contributed by atoms with Gasteiger partial charge in [0, 0.05) is 20.4 Å². The molecule has 0 fully saturated rings. The molecule has 482 valence electrons. The molecule has 3 heteroatoms. The topological polar surface area (TPSA) is 24.7 Å². The molecule has 83 heavy (non-hydrogen) atoms. The van der Waals surface area contributed by atoms with E-state index in [9.17, 15) is 0 Å². The molecular weight excluding hydrogens is 1100 g/mol. The first-order valence-electron chi connectivity index (χ1n) is 37.7. The smallest absolute Gasteiger partial charge is 0.0848 e. The maximum absolute atomic E-state index is 5.62. The molecule has 0 bridgehead atoms. The maximum Gasteiger partial charge on any atom is 0.0848 e. The van der Waals surface area contributed by atoms with Crippen LogP contribution in [0.4, 0.5) is 11.4 Å². The van der Waals surface area contributed by atoms with Gasteiger partial charge in [0.05, 0.1) is 22.8 Å². The average molecular weight is 1240 g/mol. The Hall–Kier alpha value is -1.82. The summed E-state index contributed by atoms with van der Waals surface area (Å²) in [5.74, 6) is 0. The molecule has 2 aromatic carbocycles. The van der Waals surface area contributed by atoms with E-state index >= 15 is 0 Å². The normalized spacial score (nSPS) is 12.1. The van der Waals surface area contributed by atoms with Gasteiger partial charge in [-0.2, -0.15) is 0 Å². The van der Waals surface area contributed by atoms with Gasteiger partial charge in [-0.15, -0.1) is 0 Å². The van der Waals surface area contributed by atoms with E-state index in [-0.39, 0.29) is 20.4 Å². The Balaban J connectivity index is 0.0000344. The average Bonchev–Trinajstić information content (AvgIpc) is 3.62. The van der Waals surface area contributed by atoms with Crippen LogP contribution in [0.2, 0.25) is 0 Å². The Morgan fingerprint density at radius 3 is 0.904 bits per heavy atom. The van der Waals surface area contributed by atoms with Crippen LogP contribution in [-0.2, 0) is 39.7 Å². The Bertz CT molecular complexity index is 1690. The van der Waals surface area contributed by atoms with Crippen molar-refractivity contribution >= 4 is 22.8 Å². The summed E-state index contributed by atoms with van der Waals surface area (Å²) in [5, 5.41) is 0. The summed E-state index contributed by atoms with van der Waals surface area (Å²) in [6, 6.07) is 16.6. The van der Waals surface area contributed by atoms with Crippen molar-refractivity contribution in [2.24, 2.45) is 9.98 Å². The molecule has 0 aliphatic carbocycles. The molecule has 0 atom stereocenters. The van der Waals surface area contributed by atoms with Crippen LogP contribution in [0.25, 0.3) is 0 Å². The van der Waals surface area contributed by atoms with Crippen molar-refractivity contribution in [3.8, 4) is 0 Å². The standard InChI is InChI=1S/C80H142N2.Pd/c1-6-11-16-19-22-24-26-28-30-32-34-36-37-39-40-42-44-46-48-50-52-54-59-62-74-67-69-77(70-68-74)81-79(65-60-55-21-18-13-8-3)80(82-78-72-75(63-57-14-9-4)71-76(73-78)64-58-15-10-5)66-61-56-53-51-49-47-45-43-41-38-35-33-31-29-27-25-23-20-17-12-7-2;/h61,66-73H,6-60,62-65H2,1-5H3;/b66-61+,81-79?,82-80?;. The molecule has 0 aliphatic heterocycles. The van der Waals surface area contributed by atoms with Gasteiger partial charge in [0.2, 0.25) is 0 Å². The fourth-order valence-corrected chi connectivity index (χ4v) is 12.4. The molecule has 2 aromatic rings. The van der Waals surface area contributed by atoms with Crippen LogP contribution in [0, 0.1) is 0 Å². The van der Waals surface area contributed by atoms with Gasteiger partial charge in [-0.1, -0.05) is 374 Å². The minimum Gasteiger partial charge on any atom is -0.251 e. The number of unbranched alkanes of at least 4 members (excludes halogenated alkanes) is 50. The van der Waals surface area contributed by atoms with Gasteiger partial charge in [-0.3, -0.25) is 4.99 Å². The van der Waals surface area contributed by atoms with E-state index in [1.54, 1.807) is 0 Å². The first-order valence-corrected chi connectivity index (χ1v) is 37.7. The van der Waals surface area contributed by atoms with Gasteiger partial charge in [-0.25, -0.2) is 4.99 Å². The van der Waals surface area contributed by atoms with Crippen LogP contribution >= 0.6 is 0 Å². The molecule has 0 unspecified atom stereocenters. The summed E-state index contributed by atoms with van der Waals surface area (Å²) in [4.78, 5) is 11.1. The Labute approximate surface area is 534 Å². The van der Waals surface area contributed by atoms with Crippen molar-refractivity contribution in [2.75, 3.05) is 0 Å². The summed E-state index contributed by atoms with van der Waals surface area (Å²) < 4.78 is 0. The molecule has 2 rings (SSSR count). The second-order valence-corrected chi connectivity index (χ2v) is 26.2. The number of aryl methyl sites for hydroxylation is 3. The van der Waals surface area contributed by atoms with E-state index in [4.69, 9.17) is 9.98 Å². The van der Waals surface area contributed by atoms with Crippen molar-refractivity contribution in [3.05, 3.63) is 71.3 Å². The van der Waals surface area contributed by atoms with Gasteiger partial charge in [0.25, 0.3) is 0 Å². The van der Waals surface area contributed by atoms with E-state index in [1.807, 2.05) is 0 Å². The van der Waals surface area contributed by atoms with Crippen molar-refractivity contribution in [3.63, 3.8) is 0 Å². The minimum atomic E-state index is 0. The van der Waals surface area contributed by atoms with Crippen LogP contribution in [0.3, 0.4) is 0 Å². The second-order valence-electron chi connectivity index (χ2n) is 26.2. The molecule has 0 radical (unpaired) electrons. The van der Waals surface area contributed by atoms with Crippen molar-refractivity contribution in [1.82, 2.24) is 0 Å². The molecule has 0 saturated carbocycles. The van der Waals surface area contributed by atoms with Crippen molar-refractivity contribution < 1.29 is 20.4 Å². The second kappa shape index (κ2) is 63.2. The van der Waals surface area contributed by atoms with Crippen LogP contribution < -0.4 is 0 Å². The van der Waals surface area contributed by atoms with Crippen LogP contribution in [0.5, 0.6) is 0 Å². The van der Waals surface area contributed by atoms with Crippen LogP contribution in [0.15, 0.2) is 64.6 Å². The number of nitrogens with zero attached hydrogens (tertiary/aromatic N) is 2. The quantitative estimate of drug-likeness (QED) is 0.0358. The van der Waals surface area contributed by atoms with Gasteiger partial charge in [-0.05, 0) is 111 Å². The van der Waals surface area contributed by atoms with E-state index in [0.29, 0.717) is 0 Å². The molecule has 2 nitrogen and oxygen atoms in total. The predicted molar refractivity (Wildman–Crippen MR) is 374 cm³/mol. The number of allylic oxidation sites excluding steroid dienone is 2. The largest absolute Gasteiger partial charge is 0.251 e. The first kappa shape index (κ1) is 79.2. The SMILES string of the molecule is CCCCCCCCCCCCCCCCCCCCC/C=C/C(=Nc1cc(CCCCC)cc(CCCCC)c1)C(CCCCCCCC)=Nc1ccc(CCCCCCCCCCCCCCCCCCCCCCCCC)cc1.[Pd]. The van der Waals surface area contributed by atoms with E-state index in [0.717, 1.165) is 42.8 Å². The molecule has 0 aliphatic rings. The van der Waals surface area contributed by atoms with Gasteiger partial charge >= 0.3 is 0 Å². The molecule has 0 heterocycles. The zero-order chi connectivity index (χ0) is 58.5. The third-order valence-corrected chi connectivity index (χ3v) is 18.0. The molecule has 0 saturated heterocycles. The third kappa shape index (κ3) is 50.8. The summed E-state index contributed by atoms with van der Waals surface area (Å²) in [7, 11) is 0. The number of benzene rings is 2. The molecule has 0 N–H and O–H groups in total. The summed E-state index contributed by atoms with van der Waals surface area (Å²) in [6.45, 7) is 11.6. The van der Waals surface area contributed by atoms with Gasteiger partial charge in [0.15, 0.2) is 0 Å². The van der Waals surface area contributed by atoms with E-state index in [1.165, 1.54) is 376 Å². The predicted octanol–water partition coefficient (Wildman–Crippen LogP) is 28.7. The maximum atomic E-state index is 5.62. The van der Waals surface area contributed by atoms with Crippen LogP contribution in [0.1, 0.15) is 411 Å². The first-order chi connectivity index (χ1) is 40.6. The summed E-state index contributed by atoms with van der Waals surface area (Å²) in [6.07, 6.45) is 85.9. The number of hydrogen-bond acceptors (Lipinski definition) is 2. The molecular formula is C80H142N2Pd. The van der Waals surface area contributed by atoms with Gasteiger partial charge < -0.3 is 0 Å². The Morgan fingerprint density at radius 2 is 0.554 bits per heavy atom. The van der Waals surface area contributed by atoms with Gasteiger partial charge in [0.1, 0.15) is 0 Å². The molecule has 0 amide bonds. The number of rotatable bonds is 63. The zero-order valence-corrected chi connectivity index (χ0v) is 58.2. The van der Waals surface area contributed by atoms with Crippen molar-refractivity contribution in [1.29, 1.82) is 0 Å². The third-order valence-electron chi connectivity index (χ3n) is 18.0. The van der Waals surface area contributed by atoms with Crippen molar-refractivity contribution in [2.45, 2.75) is 413 Å². The molecule has 0 aromatic heterocycles. The fourth-order valence-electron chi connectivity index (χ4n) is 12.4. The summed E-state index contributed by atoms with van der Waals surface area (Å²) >= 11 is 0. The minimum absolute atomic E-state index is 0. The van der Waals surface area contributed by atoms with E-state index < -0.39 is 0 Å². The van der Waals surface area contributed by atoms with E-state index in [2.05, 4.69) is 89.2 Å². The Kier molecular flexibility index (Phi) is 60.3. The number of hydrogen-bond donors (Lipinski definition) is 0. The molecule has 0 spiro atoms.